The third kappa shape index (κ3) is 3.11. The minimum absolute atomic E-state index is 0.0902. The van der Waals surface area contributed by atoms with E-state index in [4.69, 9.17) is 4.74 Å². The van der Waals surface area contributed by atoms with E-state index in [1.54, 1.807) is 6.20 Å². The summed E-state index contributed by atoms with van der Waals surface area (Å²) in [5.74, 6) is 0.393. The lowest BCUT2D eigenvalue weighted by atomic mass is 10.2. The van der Waals surface area contributed by atoms with Gasteiger partial charge in [-0.05, 0) is 28.3 Å². The SMILES string of the molecule is CC(C)Cn1ncc(NC2CCOC2)c(Br)c1=O. The van der Waals surface area contributed by atoms with Gasteiger partial charge in [-0.3, -0.25) is 4.79 Å². The molecule has 1 saturated heterocycles. The summed E-state index contributed by atoms with van der Waals surface area (Å²) in [6.45, 7) is 6.20. The van der Waals surface area contributed by atoms with Crippen molar-refractivity contribution in [3.63, 3.8) is 0 Å². The van der Waals surface area contributed by atoms with E-state index in [1.807, 2.05) is 0 Å². The molecule has 1 aliphatic heterocycles. The number of ether oxygens (including phenoxy) is 1. The highest BCUT2D eigenvalue weighted by Gasteiger charge is 2.18. The molecule has 0 bridgehead atoms. The van der Waals surface area contributed by atoms with Gasteiger partial charge in [-0.25, -0.2) is 4.68 Å². The molecule has 18 heavy (non-hydrogen) atoms. The molecule has 0 aromatic carbocycles. The van der Waals surface area contributed by atoms with Gasteiger partial charge < -0.3 is 10.1 Å². The van der Waals surface area contributed by atoms with Crippen molar-refractivity contribution < 1.29 is 4.74 Å². The third-order valence-corrected chi connectivity index (χ3v) is 3.58. The second-order valence-corrected chi connectivity index (χ2v) is 5.75. The molecule has 1 aromatic rings. The number of aromatic nitrogens is 2. The molecule has 100 valence electrons. The van der Waals surface area contributed by atoms with Gasteiger partial charge in [0.2, 0.25) is 0 Å². The lowest BCUT2D eigenvalue weighted by molar-refractivity contribution is 0.195. The van der Waals surface area contributed by atoms with E-state index in [0.29, 0.717) is 23.5 Å². The molecule has 0 radical (unpaired) electrons. The van der Waals surface area contributed by atoms with Gasteiger partial charge in [0.15, 0.2) is 0 Å². The van der Waals surface area contributed by atoms with E-state index >= 15 is 0 Å². The zero-order valence-electron chi connectivity index (χ0n) is 10.6. The largest absolute Gasteiger partial charge is 0.379 e. The van der Waals surface area contributed by atoms with Crippen LogP contribution in [0.5, 0.6) is 0 Å². The van der Waals surface area contributed by atoms with E-state index in [2.05, 4.69) is 40.2 Å². The maximum absolute atomic E-state index is 12.1. The van der Waals surface area contributed by atoms with Gasteiger partial charge >= 0.3 is 0 Å². The van der Waals surface area contributed by atoms with Crippen molar-refractivity contribution in [1.29, 1.82) is 0 Å². The number of rotatable bonds is 4. The van der Waals surface area contributed by atoms with Crippen LogP contribution in [-0.2, 0) is 11.3 Å². The summed E-state index contributed by atoms with van der Waals surface area (Å²) < 4.78 is 7.33. The van der Waals surface area contributed by atoms with E-state index < -0.39 is 0 Å². The summed E-state index contributed by atoms with van der Waals surface area (Å²) in [4.78, 5) is 12.1. The summed E-state index contributed by atoms with van der Waals surface area (Å²) in [5, 5.41) is 7.47. The smallest absolute Gasteiger partial charge is 0.283 e. The molecular formula is C12H18BrN3O2. The highest BCUT2D eigenvalue weighted by atomic mass is 79.9. The predicted octanol–water partition coefficient (Wildman–Crippen LogP) is 1.86. The molecule has 2 rings (SSSR count). The van der Waals surface area contributed by atoms with Crippen LogP contribution in [0.15, 0.2) is 15.5 Å². The van der Waals surface area contributed by atoms with Crippen LogP contribution >= 0.6 is 15.9 Å². The fraction of sp³-hybridized carbons (Fsp3) is 0.667. The first-order valence-electron chi connectivity index (χ1n) is 6.18. The second kappa shape index (κ2) is 5.84. The van der Waals surface area contributed by atoms with Crippen molar-refractivity contribution >= 4 is 21.6 Å². The van der Waals surface area contributed by atoms with Crippen LogP contribution in [0.4, 0.5) is 5.69 Å². The van der Waals surface area contributed by atoms with Gasteiger partial charge in [0.1, 0.15) is 4.47 Å². The lowest BCUT2D eigenvalue weighted by Gasteiger charge is -2.14. The highest BCUT2D eigenvalue weighted by Crippen LogP contribution is 2.19. The molecule has 2 heterocycles. The zero-order valence-corrected chi connectivity index (χ0v) is 12.2. The molecule has 0 amide bonds. The van der Waals surface area contributed by atoms with Crippen molar-refractivity contribution in [3.8, 4) is 0 Å². The molecular weight excluding hydrogens is 298 g/mol. The van der Waals surface area contributed by atoms with Gasteiger partial charge in [0.25, 0.3) is 5.56 Å². The van der Waals surface area contributed by atoms with Gasteiger partial charge in [0.05, 0.1) is 24.5 Å². The summed E-state index contributed by atoms with van der Waals surface area (Å²) in [7, 11) is 0. The molecule has 1 N–H and O–H groups in total. The maximum atomic E-state index is 12.1. The van der Waals surface area contributed by atoms with Crippen LogP contribution in [-0.4, -0.2) is 29.0 Å². The number of hydrogen-bond acceptors (Lipinski definition) is 4. The topological polar surface area (TPSA) is 56.1 Å². The molecule has 0 aliphatic carbocycles. The first kappa shape index (κ1) is 13.5. The first-order chi connectivity index (χ1) is 8.58. The van der Waals surface area contributed by atoms with Crippen LogP contribution in [0.2, 0.25) is 0 Å². The minimum atomic E-state index is -0.0902. The van der Waals surface area contributed by atoms with Crippen molar-refractivity contribution in [2.45, 2.75) is 32.9 Å². The van der Waals surface area contributed by atoms with E-state index in [-0.39, 0.29) is 11.6 Å². The Labute approximate surface area is 115 Å². The quantitative estimate of drug-likeness (QED) is 0.921. The molecule has 1 fully saturated rings. The molecule has 6 heteroatoms. The molecule has 5 nitrogen and oxygen atoms in total. The average Bonchev–Trinajstić information content (AvgIpc) is 2.81. The Morgan fingerprint density at radius 2 is 2.44 bits per heavy atom. The predicted molar refractivity (Wildman–Crippen MR) is 73.9 cm³/mol. The van der Waals surface area contributed by atoms with Gasteiger partial charge in [-0.1, -0.05) is 13.8 Å². The summed E-state index contributed by atoms with van der Waals surface area (Å²) >= 11 is 3.35. The van der Waals surface area contributed by atoms with Crippen molar-refractivity contribution in [2.75, 3.05) is 18.5 Å². The minimum Gasteiger partial charge on any atom is -0.379 e. The Hall–Kier alpha value is -0.880. The number of anilines is 1. The number of hydrogen-bond donors (Lipinski definition) is 1. The van der Waals surface area contributed by atoms with Crippen molar-refractivity contribution in [2.24, 2.45) is 5.92 Å². The second-order valence-electron chi connectivity index (χ2n) is 4.96. The standard InChI is InChI=1S/C12H18BrN3O2/c1-8(2)6-16-12(17)11(13)10(5-14-16)15-9-3-4-18-7-9/h5,8-9,15H,3-4,6-7H2,1-2H3. The van der Waals surface area contributed by atoms with E-state index in [0.717, 1.165) is 18.7 Å². The first-order valence-corrected chi connectivity index (χ1v) is 6.97. The summed E-state index contributed by atoms with van der Waals surface area (Å²) in [6, 6.07) is 0.267. The molecule has 1 aromatic heterocycles. The molecule has 1 unspecified atom stereocenters. The molecule has 1 aliphatic rings. The van der Waals surface area contributed by atoms with Gasteiger partial charge in [0, 0.05) is 13.2 Å². The van der Waals surface area contributed by atoms with Crippen LogP contribution in [0.3, 0.4) is 0 Å². The molecule has 0 saturated carbocycles. The average molecular weight is 316 g/mol. The lowest BCUT2D eigenvalue weighted by Crippen LogP contribution is -2.28. The number of nitrogens with zero attached hydrogens (tertiary/aromatic N) is 2. The van der Waals surface area contributed by atoms with Crippen LogP contribution in [0.25, 0.3) is 0 Å². The fourth-order valence-corrected chi connectivity index (χ4v) is 2.33. The Bertz CT molecular complexity index is 467. The van der Waals surface area contributed by atoms with Crippen LogP contribution in [0, 0.1) is 5.92 Å². The van der Waals surface area contributed by atoms with Crippen LogP contribution < -0.4 is 10.9 Å². The molecule has 1 atom stereocenters. The molecule has 0 spiro atoms. The Morgan fingerprint density at radius 1 is 1.67 bits per heavy atom. The van der Waals surface area contributed by atoms with E-state index in [1.165, 1.54) is 4.68 Å². The van der Waals surface area contributed by atoms with Gasteiger partial charge in [-0.2, -0.15) is 5.10 Å². The Kier molecular flexibility index (Phi) is 4.40. The van der Waals surface area contributed by atoms with E-state index in [9.17, 15) is 4.79 Å². The highest BCUT2D eigenvalue weighted by molar-refractivity contribution is 9.10. The number of halogens is 1. The van der Waals surface area contributed by atoms with Crippen LogP contribution in [0.1, 0.15) is 20.3 Å². The fourth-order valence-electron chi connectivity index (χ4n) is 1.91. The van der Waals surface area contributed by atoms with Gasteiger partial charge in [-0.15, -0.1) is 0 Å². The zero-order chi connectivity index (χ0) is 13.1. The van der Waals surface area contributed by atoms with Crippen molar-refractivity contribution in [3.05, 3.63) is 21.0 Å². The number of nitrogens with one attached hydrogen (secondary N) is 1. The van der Waals surface area contributed by atoms with Crippen molar-refractivity contribution in [1.82, 2.24) is 9.78 Å². The third-order valence-electron chi connectivity index (χ3n) is 2.81. The maximum Gasteiger partial charge on any atom is 0.283 e. The normalized spacial score (nSPS) is 19.4. The Balaban J connectivity index is 2.17. The monoisotopic (exact) mass is 315 g/mol. The Morgan fingerprint density at radius 3 is 3.06 bits per heavy atom. The summed E-state index contributed by atoms with van der Waals surface area (Å²) in [5.41, 5.74) is 0.656. The summed E-state index contributed by atoms with van der Waals surface area (Å²) in [6.07, 6.45) is 2.66.